The molecule has 1 heterocycles. The quantitative estimate of drug-likeness (QED) is 0.348. The standard InChI is InChI=1S/C27H45N5O5/c1-25(2,3)20(30-24(37)31-26(4,5)6)23(36)32-13-15-17(27(15,7)8)18(32)22(35)29-16(19(33)21(28)34)12-14-10-9-11-14/h14-18,20H,9-13H2,1-8H3,(H2,28,34)(H,29,35)(H2,30,31,37)/t15-,16-,17-,18-,20+/m0/s1/i1D3,2D3,3D3,7D3,8D3,12D2. The van der Waals surface area contributed by atoms with Gasteiger partial charge >= 0.3 is 6.03 Å². The van der Waals surface area contributed by atoms with Crippen molar-refractivity contribution in [2.45, 2.75) is 104 Å². The van der Waals surface area contributed by atoms with Crippen LogP contribution < -0.4 is 21.7 Å². The number of piperidine rings is 1. The van der Waals surface area contributed by atoms with Crippen molar-refractivity contribution in [3.63, 3.8) is 0 Å². The number of hydrogen-bond acceptors (Lipinski definition) is 5. The van der Waals surface area contributed by atoms with Gasteiger partial charge in [-0.3, -0.25) is 19.2 Å². The summed E-state index contributed by atoms with van der Waals surface area (Å²) in [5.74, 6) is -11.3. The molecule has 208 valence electrons. The average Bonchev–Trinajstić information content (AvgIpc) is 3.40. The predicted molar refractivity (Wildman–Crippen MR) is 139 cm³/mol. The lowest BCUT2D eigenvalue weighted by Gasteiger charge is -2.38. The maximum Gasteiger partial charge on any atom is 0.315 e. The second kappa shape index (κ2) is 9.91. The van der Waals surface area contributed by atoms with Crippen molar-refractivity contribution in [2.24, 2.45) is 34.3 Å². The number of amides is 5. The van der Waals surface area contributed by atoms with Crippen LogP contribution in [0.3, 0.4) is 0 Å². The first-order chi connectivity index (χ1) is 23.9. The maximum atomic E-state index is 14.8. The minimum absolute atomic E-state index is 0.205. The Morgan fingerprint density at radius 1 is 1.11 bits per heavy atom. The van der Waals surface area contributed by atoms with Gasteiger partial charge in [-0.15, -0.1) is 0 Å². The number of primary amides is 1. The molecule has 1 saturated heterocycles. The lowest BCUT2D eigenvalue weighted by Crippen LogP contribution is -2.62. The smallest absolute Gasteiger partial charge is 0.315 e. The van der Waals surface area contributed by atoms with Crippen molar-refractivity contribution in [2.75, 3.05) is 6.54 Å². The molecular formula is C27H45N5O5. The normalized spacial score (nSPS) is 35.2. The minimum atomic E-state index is -4.13. The number of fused-ring (bicyclic) bond motifs is 1. The SMILES string of the molecule is [2H]C([2H])(C1CCC1)[C@H](NC(=O)[C@@H]1[C@@H]2[C@H](CN1C(=O)[C@@H](NC(=O)NC(C)(C)C)C(C([2H])([2H])[2H])(C([2H])([2H])[2H])C([2H])([2H])[2H])C2(C([2H])([2H])[2H])C([2H])([2H])[2H])C(=O)C(N)=O. The van der Waals surface area contributed by atoms with E-state index in [0.717, 1.165) is 0 Å². The number of ketones is 1. The fourth-order valence-electron chi connectivity index (χ4n) is 4.66. The van der Waals surface area contributed by atoms with Crippen molar-refractivity contribution >= 4 is 29.5 Å². The van der Waals surface area contributed by atoms with Crippen molar-refractivity contribution in [1.29, 1.82) is 0 Å². The first kappa shape index (κ1) is 13.4. The van der Waals surface area contributed by atoms with Crippen molar-refractivity contribution in [1.82, 2.24) is 20.9 Å². The van der Waals surface area contributed by atoms with Gasteiger partial charge in [-0.2, -0.15) is 0 Å². The van der Waals surface area contributed by atoms with E-state index in [4.69, 9.17) is 29.0 Å². The van der Waals surface area contributed by atoms with E-state index in [1.54, 1.807) is 0 Å². The summed E-state index contributed by atoms with van der Waals surface area (Å²) in [6.07, 6.45) is -1.76. The van der Waals surface area contributed by atoms with Crippen LogP contribution in [0.2, 0.25) is 0 Å². The Labute approximate surface area is 244 Å². The number of rotatable bonds is 8. The molecule has 5 atom stereocenters. The van der Waals surface area contributed by atoms with Crippen LogP contribution in [0.15, 0.2) is 0 Å². The number of likely N-dealkylation sites (tertiary alicyclic amines) is 1. The van der Waals surface area contributed by atoms with Crippen molar-refractivity contribution in [3.8, 4) is 0 Å². The molecule has 5 N–H and O–H groups in total. The molecular weight excluding hydrogens is 474 g/mol. The van der Waals surface area contributed by atoms with Crippen LogP contribution in [0, 0.1) is 28.6 Å². The molecule has 0 spiro atoms. The molecule has 0 bridgehead atoms. The van der Waals surface area contributed by atoms with Gasteiger partial charge in [0.15, 0.2) is 0 Å². The van der Waals surface area contributed by atoms with Gasteiger partial charge < -0.3 is 26.6 Å². The number of urea groups is 1. The molecule has 10 nitrogen and oxygen atoms in total. The fourth-order valence-corrected chi connectivity index (χ4v) is 4.66. The Balaban J connectivity index is 2.34. The minimum Gasteiger partial charge on any atom is -0.363 e. The van der Waals surface area contributed by atoms with E-state index in [2.05, 4.69) is 5.32 Å². The summed E-state index contributed by atoms with van der Waals surface area (Å²) in [7, 11) is 0. The van der Waals surface area contributed by atoms with Crippen LogP contribution in [0.5, 0.6) is 0 Å². The van der Waals surface area contributed by atoms with Crippen LogP contribution in [0.25, 0.3) is 0 Å². The van der Waals surface area contributed by atoms with E-state index in [1.165, 1.54) is 20.8 Å². The largest absolute Gasteiger partial charge is 0.363 e. The van der Waals surface area contributed by atoms with E-state index in [9.17, 15) is 24.0 Å². The van der Waals surface area contributed by atoms with Gasteiger partial charge in [0.2, 0.25) is 17.6 Å². The number of carbonyl (C=O) groups is 5. The molecule has 0 unspecified atom stereocenters. The lowest BCUT2D eigenvalue weighted by molar-refractivity contribution is -0.145. The average molecular weight is 537 g/mol. The number of nitrogens with zero attached hydrogens (tertiary/aromatic N) is 1. The highest BCUT2D eigenvalue weighted by Crippen LogP contribution is 2.65. The number of Topliss-reactive ketones (excluding diaryl/α,β-unsaturated/α-hetero) is 1. The highest BCUT2D eigenvalue weighted by molar-refractivity contribution is 6.37. The molecule has 2 saturated carbocycles. The predicted octanol–water partition coefficient (Wildman–Crippen LogP) is 1.71. The second-order valence-electron chi connectivity index (χ2n) is 11.0. The molecule has 1 aliphatic heterocycles. The molecule has 37 heavy (non-hydrogen) atoms. The third-order valence-electron chi connectivity index (χ3n) is 6.80. The number of hydrogen-bond donors (Lipinski definition) is 4. The van der Waals surface area contributed by atoms with Gasteiger partial charge in [0.1, 0.15) is 12.1 Å². The van der Waals surface area contributed by atoms with Crippen LogP contribution in [0.4, 0.5) is 4.79 Å². The summed E-state index contributed by atoms with van der Waals surface area (Å²) in [6, 6.07) is -9.27. The topological polar surface area (TPSA) is 151 Å². The van der Waals surface area contributed by atoms with Crippen LogP contribution in [-0.4, -0.2) is 64.6 Å². The number of carbonyl (C=O) groups excluding carboxylic acids is 5. The Morgan fingerprint density at radius 2 is 1.76 bits per heavy atom. The second-order valence-corrected chi connectivity index (χ2v) is 11.0. The maximum absolute atomic E-state index is 14.8. The van der Waals surface area contributed by atoms with Crippen molar-refractivity contribution < 1.29 is 47.3 Å². The Morgan fingerprint density at radius 3 is 2.24 bits per heavy atom. The summed E-state index contributed by atoms with van der Waals surface area (Å²) < 4.78 is 140. The number of nitrogens with one attached hydrogen (secondary N) is 3. The summed E-state index contributed by atoms with van der Waals surface area (Å²) >= 11 is 0. The Kier molecular flexibility index (Phi) is 3.59. The molecule has 0 aromatic heterocycles. The molecule has 5 amide bonds. The first-order valence-corrected chi connectivity index (χ1v) is 11.9. The van der Waals surface area contributed by atoms with E-state index in [1.807, 2.05) is 10.6 Å². The Hall–Kier alpha value is -2.65. The lowest BCUT2D eigenvalue weighted by atomic mass is 9.80. The monoisotopic (exact) mass is 536 g/mol. The van der Waals surface area contributed by atoms with Gasteiger partial charge in [0.05, 0.1) is 6.04 Å². The van der Waals surface area contributed by atoms with Gasteiger partial charge in [-0.05, 0) is 55.7 Å². The zero-order valence-electron chi connectivity index (χ0n) is 37.9. The molecule has 2 aliphatic carbocycles. The number of nitrogens with two attached hydrogens (primary N) is 1. The third-order valence-corrected chi connectivity index (χ3v) is 6.80. The van der Waals surface area contributed by atoms with Gasteiger partial charge in [-0.25, -0.2) is 4.79 Å². The van der Waals surface area contributed by atoms with Gasteiger partial charge in [0, 0.05) is 35.4 Å². The van der Waals surface area contributed by atoms with Crippen LogP contribution in [-0.2, 0) is 19.2 Å². The molecule has 3 fully saturated rings. The van der Waals surface area contributed by atoms with Crippen molar-refractivity contribution in [3.05, 3.63) is 0 Å². The molecule has 0 radical (unpaired) electrons. The van der Waals surface area contributed by atoms with E-state index in [-0.39, 0.29) is 12.8 Å². The highest BCUT2D eigenvalue weighted by atomic mass is 16.2. The first-order valence-electron chi connectivity index (χ1n) is 20.4. The van der Waals surface area contributed by atoms with E-state index < -0.39 is 129 Å². The summed E-state index contributed by atoms with van der Waals surface area (Å²) in [4.78, 5) is 67.8. The third kappa shape index (κ3) is 6.26. The zero-order chi connectivity index (χ0) is 42.4. The van der Waals surface area contributed by atoms with E-state index >= 15 is 0 Å². The summed E-state index contributed by atoms with van der Waals surface area (Å²) in [6.45, 7) is -15.9. The summed E-state index contributed by atoms with van der Waals surface area (Å²) in [5, 5.41) is 6.14. The fraction of sp³-hybridized carbons (Fsp3) is 0.815. The molecule has 0 aromatic rings. The zero-order valence-corrected chi connectivity index (χ0v) is 20.9. The van der Waals surface area contributed by atoms with Gasteiger partial charge in [-0.1, -0.05) is 53.5 Å². The molecule has 3 rings (SSSR count). The molecule has 10 heteroatoms. The van der Waals surface area contributed by atoms with Crippen LogP contribution >= 0.6 is 0 Å². The molecule has 0 aromatic carbocycles. The highest BCUT2D eigenvalue weighted by Gasteiger charge is 2.70. The summed E-state index contributed by atoms with van der Waals surface area (Å²) in [5.41, 5.74) is -2.88. The van der Waals surface area contributed by atoms with E-state index in [0.29, 0.717) is 11.3 Å². The Bertz CT molecular complexity index is 1480. The van der Waals surface area contributed by atoms with Gasteiger partial charge in [0.25, 0.3) is 5.91 Å². The molecule has 3 aliphatic rings. The van der Waals surface area contributed by atoms with Crippen LogP contribution in [0.1, 0.15) is 104 Å².